The van der Waals surface area contributed by atoms with Gasteiger partial charge in [-0.15, -0.1) is 0 Å². The van der Waals surface area contributed by atoms with Crippen molar-refractivity contribution in [1.29, 1.82) is 0 Å². The van der Waals surface area contributed by atoms with Gasteiger partial charge in [0.25, 0.3) is 0 Å². The van der Waals surface area contributed by atoms with Crippen LogP contribution in [0.15, 0.2) is 0 Å². The monoisotopic (exact) mass is 268 g/mol. The van der Waals surface area contributed by atoms with Crippen LogP contribution in [0.5, 0.6) is 0 Å². The zero-order chi connectivity index (χ0) is 9.00. The zero-order valence-corrected chi connectivity index (χ0v) is 8.14. The first-order chi connectivity index (χ1) is 4.00. The minimum Gasteiger partial charge on any atom is -0.344 e. The Hall–Kier alpha value is 0.219. The fraction of sp³-hybridized carbons (Fsp3) is 0. The summed E-state index contributed by atoms with van der Waals surface area (Å²) in [5.41, 5.74) is 0. The summed E-state index contributed by atoms with van der Waals surface area (Å²) in [4.78, 5) is 0. The molecule has 0 aromatic carbocycles. The fourth-order valence-corrected chi connectivity index (χ4v) is 0. The molecule has 0 unspecified atom stereocenters. The summed E-state index contributed by atoms with van der Waals surface area (Å²) < 4.78 is 63.2. The van der Waals surface area contributed by atoms with Crippen LogP contribution in [0.2, 0.25) is 0 Å². The summed E-state index contributed by atoms with van der Waals surface area (Å²) in [5, 5.41) is 0. The van der Waals surface area contributed by atoms with Crippen LogP contribution in [0.3, 0.4) is 0 Å². The van der Waals surface area contributed by atoms with Gasteiger partial charge in [0.15, 0.2) is 0 Å². The second-order valence-corrected chi connectivity index (χ2v) is 2.69. The van der Waals surface area contributed by atoms with Gasteiger partial charge >= 0.3 is 20.8 Å². The van der Waals surface area contributed by atoms with Crippen molar-refractivity contribution in [1.82, 2.24) is 6.15 Å². The maximum atomic E-state index is 8.74. The van der Waals surface area contributed by atoms with E-state index < -0.39 is 20.8 Å². The Bertz CT molecular complexity index is 213. The van der Waals surface area contributed by atoms with Crippen molar-refractivity contribution in [3.8, 4) is 0 Å². The predicted molar refractivity (Wildman–Crippen MR) is 33.4 cm³/mol. The minimum absolute atomic E-state index is 0. The van der Waals surface area contributed by atoms with E-state index in [0.717, 1.165) is 0 Å². The summed E-state index contributed by atoms with van der Waals surface area (Å²) in [7, 11) is -9.33. The molecule has 0 aromatic rings. The minimum atomic E-state index is -4.67. The van der Waals surface area contributed by atoms with E-state index in [1.807, 2.05) is 0 Å². The van der Waals surface area contributed by atoms with Gasteiger partial charge in [-0.05, 0) is 0 Å². The number of hydrogen-bond donors (Lipinski definition) is 5. The smallest absolute Gasteiger partial charge is 0.344 e. The van der Waals surface area contributed by atoms with Gasteiger partial charge in [-0.2, -0.15) is 16.8 Å². The summed E-state index contributed by atoms with van der Waals surface area (Å²) in [5.74, 6) is 0. The standard InChI is InChI=1S/Mn.H3N.2H2O4S/c;;2*1-5(2,3)4/h;1H3;2*(H2,1,2,3,4). The van der Waals surface area contributed by atoms with Crippen LogP contribution >= 0.6 is 0 Å². The molecule has 1 radical (unpaired) electrons. The molecule has 79 valence electrons. The average molecular weight is 268 g/mol. The maximum Gasteiger partial charge on any atom is 0.394 e. The molecule has 0 rings (SSSR count). The molecule has 7 N–H and O–H groups in total. The van der Waals surface area contributed by atoms with E-state index in [2.05, 4.69) is 0 Å². The Morgan fingerprint density at radius 3 is 0.667 bits per heavy atom. The van der Waals surface area contributed by atoms with Crippen molar-refractivity contribution in [2.45, 2.75) is 0 Å². The van der Waals surface area contributed by atoms with Crippen molar-refractivity contribution < 1.29 is 52.1 Å². The van der Waals surface area contributed by atoms with Crippen LogP contribution in [0.1, 0.15) is 0 Å². The van der Waals surface area contributed by atoms with Crippen molar-refractivity contribution in [2.24, 2.45) is 0 Å². The van der Waals surface area contributed by atoms with Crippen LogP contribution in [-0.4, -0.2) is 35.0 Å². The molecule has 0 heterocycles. The van der Waals surface area contributed by atoms with Crippen LogP contribution in [-0.2, 0) is 37.9 Å². The molecule has 0 saturated carbocycles. The first-order valence-corrected chi connectivity index (χ1v) is 4.19. The Kier molecular flexibility index (Phi) is 14.9. The van der Waals surface area contributed by atoms with E-state index in [9.17, 15) is 0 Å². The zero-order valence-electron chi connectivity index (χ0n) is 5.32. The summed E-state index contributed by atoms with van der Waals surface area (Å²) in [6.07, 6.45) is 0. The van der Waals surface area contributed by atoms with E-state index in [1.54, 1.807) is 0 Å². The van der Waals surface area contributed by atoms with Crippen LogP contribution < -0.4 is 6.15 Å². The third-order valence-corrected chi connectivity index (χ3v) is 0. The molecule has 0 spiro atoms. The van der Waals surface area contributed by atoms with E-state index in [0.29, 0.717) is 0 Å². The predicted octanol–water partition coefficient (Wildman–Crippen LogP) is -1.15. The second-order valence-electron chi connectivity index (χ2n) is 0.896. The molecular weight excluding hydrogens is 261 g/mol. The van der Waals surface area contributed by atoms with Gasteiger partial charge in [-0.1, -0.05) is 0 Å². The molecule has 0 aliphatic carbocycles. The van der Waals surface area contributed by atoms with Crippen molar-refractivity contribution >= 4 is 20.8 Å². The van der Waals surface area contributed by atoms with Crippen molar-refractivity contribution in [2.75, 3.05) is 0 Å². The quantitative estimate of drug-likeness (QED) is 0.267. The molecule has 0 saturated heterocycles. The first-order valence-electron chi connectivity index (χ1n) is 1.40. The fourth-order valence-electron chi connectivity index (χ4n) is 0. The Balaban J connectivity index is -0.0000000457. The maximum absolute atomic E-state index is 8.74. The molecule has 0 bridgehead atoms. The van der Waals surface area contributed by atoms with Crippen LogP contribution in [0.4, 0.5) is 0 Å². The number of rotatable bonds is 0. The molecule has 0 atom stereocenters. The molecule has 0 aliphatic heterocycles. The molecule has 12 heteroatoms. The SMILES string of the molecule is N.O=S(=O)(O)O.O=S(=O)(O)O.[Mn]. The van der Waals surface area contributed by atoms with Gasteiger partial charge in [0.05, 0.1) is 0 Å². The molecule has 0 aromatic heterocycles. The van der Waals surface area contributed by atoms with Crippen molar-refractivity contribution in [3.63, 3.8) is 0 Å². The topological polar surface area (TPSA) is 184 Å². The molecule has 9 nitrogen and oxygen atoms in total. The Labute approximate surface area is 79.4 Å². The summed E-state index contributed by atoms with van der Waals surface area (Å²) >= 11 is 0. The molecule has 12 heavy (non-hydrogen) atoms. The Morgan fingerprint density at radius 1 is 0.667 bits per heavy atom. The first kappa shape index (κ1) is 22.8. The van der Waals surface area contributed by atoms with Crippen molar-refractivity contribution in [3.05, 3.63) is 0 Å². The van der Waals surface area contributed by atoms with Gasteiger partial charge in [0.1, 0.15) is 0 Å². The molecule has 0 amide bonds. The second kappa shape index (κ2) is 7.85. The average Bonchev–Trinajstić information content (AvgIpc) is 1.12. The summed E-state index contributed by atoms with van der Waals surface area (Å²) in [6.45, 7) is 0. The van der Waals surface area contributed by atoms with Gasteiger partial charge < -0.3 is 6.15 Å². The summed E-state index contributed by atoms with van der Waals surface area (Å²) in [6, 6.07) is 0. The van der Waals surface area contributed by atoms with Crippen LogP contribution in [0.25, 0.3) is 0 Å². The third-order valence-electron chi connectivity index (χ3n) is 0. The van der Waals surface area contributed by atoms with Gasteiger partial charge in [0.2, 0.25) is 0 Å². The largest absolute Gasteiger partial charge is 0.394 e. The van der Waals surface area contributed by atoms with E-state index >= 15 is 0 Å². The Morgan fingerprint density at radius 2 is 0.667 bits per heavy atom. The molecule has 0 aliphatic rings. The van der Waals surface area contributed by atoms with E-state index in [1.165, 1.54) is 0 Å². The van der Waals surface area contributed by atoms with E-state index in [4.69, 9.17) is 35.0 Å². The third kappa shape index (κ3) is 18000. The van der Waals surface area contributed by atoms with E-state index in [-0.39, 0.29) is 23.2 Å². The van der Waals surface area contributed by atoms with Gasteiger partial charge in [-0.25, -0.2) is 0 Å². The van der Waals surface area contributed by atoms with Gasteiger partial charge in [0, 0.05) is 17.1 Å². The molecular formula is H7MnNO8S2. The van der Waals surface area contributed by atoms with Gasteiger partial charge in [-0.3, -0.25) is 18.2 Å². The van der Waals surface area contributed by atoms with Crippen LogP contribution in [0, 0.1) is 0 Å². The number of hydrogen-bond acceptors (Lipinski definition) is 5. The normalized spacial score (nSPS) is 9.67. The molecule has 0 fully saturated rings.